The van der Waals surface area contributed by atoms with Crippen LogP contribution in [0.2, 0.25) is 6.82 Å². The van der Waals surface area contributed by atoms with Crippen LogP contribution >= 0.6 is 0 Å². The number of hydrogen-bond acceptors (Lipinski definition) is 5. The predicted molar refractivity (Wildman–Crippen MR) is 89.7 cm³/mol. The van der Waals surface area contributed by atoms with E-state index in [-0.39, 0.29) is 5.97 Å². The first kappa shape index (κ1) is 16.5. The highest BCUT2D eigenvalue weighted by molar-refractivity contribution is 6.45. The molecule has 0 spiro atoms. The molecule has 2 unspecified atom stereocenters. The zero-order valence-electron chi connectivity index (χ0n) is 13.9. The number of piperidine rings is 1. The maximum Gasteiger partial charge on any atom is 0.376 e. The summed E-state index contributed by atoms with van der Waals surface area (Å²) in [4.78, 5) is 16.9. The Morgan fingerprint density at radius 3 is 2.78 bits per heavy atom. The monoisotopic (exact) mass is 316 g/mol. The van der Waals surface area contributed by atoms with Gasteiger partial charge in [0, 0.05) is 26.2 Å². The maximum atomic E-state index is 12.6. The van der Waals surface area contributed by atoms with Crippen molar-refractivity contribution in [2.75, 3.05) is 33.3 Å². The fourth-order valence-electron chi connectivity index (χ4n) is 4.17. The molecule has 0 aliphatic carbocycles. The standard InChI is InChI=1S/C17H25BN2O3/c1-18(22)20-9-8-15-11-19(10-14-6-4-3-5-7-14)12-17(15,13-20)16(21)23-2/h3-7,15,22H,8-13H2,1-2H3. The molecule has 2 aliphatic rings. The minimum Gasteiger partial charge on any atom is -0.469 e. The van der Waals surface area contributed by atoms with Crippen LogP contribution in [0.5, 0.6) is 0 Å². The third-order valence-electron chi connectivity index (χ3n) is 5.39. The van der Waals surface area contributed by atoms with Crippen LogP contribution in [0.15, 0.2) is 30.3 Å². The van der Waals surface area contributed by atoms with Crippen LogP contribution in [0.3, 0.4) is 0 Å². The summed E-state index contributed by atoms with van der Waals surface area (Å²) in [6.07, 6.45) is 0.922. The fraction of sp³-hybridized carbons (Fsp3) is 0.588. The van der Waals surface area contributed by atoms with Gasteiger partial charge in [0.15, 0.2) is 0 Å². The number of carbonyl (C=O) groups is 1. The second kappa shape index (κ2) is 6.63. The summed E-state index contributed by atoms with van der Waals surface area (Å²) in [6.45, 7) is 5.64. The Morgan fingerprint density at radius 1 is 1.39 bits per heavy atom. The van der Waals surface area contributed by atoms with Gasteiger partial charge in [0.2, 0.25) is 0 Å². The van der Waals surface area contributed by atoms with Crippen LogP contribution in [0, 0.1) is 11.3 Å². The number of carbonyl (C=O) groups excluding carboxylic acids is 1. The first-order chi connectivity index (χ1) is 11.0. The van der Waals surface area contributed by atoms with Gasteiger partial charge in [0.05, 0.1) is 12.5 Å². The Kier molecular flexibility index (Phi) is 4.76. The van der Waals surface area contributed by atoms with Crippen LogP contribution in [-0.2, 0) is 16.1 Å². The number of likely N-dealkylation sites (tertiary alicyclic amines) is 1. The Bertz CT molecular complexity index is 554. The highest BCUT2D eigenvalue weighted by atomic mass is 16.5. The van der Waals surface area contributed by atoms with Crippen molar-refractivity contribution in [2.24, 2.45) is 11.3 Å². The van der Waals surface area contributed by atoms with Crippen LogP contribution in [0.1, 0.15) is 12.0 Å². The number of methoxy groups -OCH3 is 1. The van der Waals surface area contributed by atoms with E-state index < -0.39 is 12.5 Å². The van der Waals surface area contributed by atoms with E-state index in [0.717, 1.165) is 26.1 Å². The average Bonchev–Trinajstić information content (AvgIpc) is 2.93. The Morgan fingerprint density at radius 2 is 2.13 bits per heavy atom. The van der Waals surface area contributed by atoms with Gasteiger partial charge in [-0.05, 0) is 31.3 Å². The van der Waals surface area contributed by atoms with Crippen LogP contribution in [0.4, 0.5) is 0 Å². The largest absolute Gasteiger partial charge is 0.469 e. The van der Waals surface area contributed by atoms with Crippen LogP contribution < -0.4 is 0 Å². The van der Waals surface area contributed by atoms with Gasteiger partial charge < -0.3 is 14.6 Å². The van der Waals surface area contributed by atoms with Gasteiger partial charge in [-0.15, -0.1) is 0 Å². The number of esters is 1. The summed E-state index contributed by atoms with van der Waals surface area (Å²) in [5, 5.41) is 9.93. The van der Waals surface area contributed by atoms with Crippen molar-refractivity contribution < 1.29 is 14.6 Å². The van der Waals surface area contributed by atoms with Crippen molar-refractivity contribution in [3.05, 3.63) is 35.9 Å². The molecule has 0 aromatic heterocycles. The summed E-state index contributed by atoms with van der Waals surface area (Å²) >= 11 is 0. The van der Waals surface area contributed by atoms with Gasteiger partial charge in [-0.3, -0.25) is 9.69 Å². The molecule has 5 nitrogen and oxygen atoms in total. The maximum absolute atomic E-state index is 12.6. The molecule has 0 radical (unpaired) electrons. The third kappa shape index (κ3) is 3.16. The smallest absolute Gasteiger partial charge is 0.376 e. The lowest BCUT2D eigenvalue weighted by atomic mass is 9.69. The number of nitrogens with zero attached hydrogens (tertiary/aromatic N) is 2. The molecule has 2 atom stereocenters. The van der Waals surface area contributed by atoms with Crippen molar-refractivity contribution in [1.29, 1.82) is 0 Å². The van der Waals surface area contributed by atoms with E-state index in [1.165, 1.54) is 12.7 Å². The zero-order chi connectivity index (χ0) is 16.4. The lowest BCUT2D eigenvalue weighted by molar-refractivity contribution is -0.157. The number of benzene rings is 1. The second-order valence-corrected chi connectivity index (χ2v) is 6.89. The van der Waals surface area contributed by atoms with Crippen LogP contribution in [0.25, 0.3) is 0 Å². The molecule has 2 saturated heterocycles. The highest BCUT2D eigenvalue weighted by Gasteiger charge is 2.55. The molecule has 2 heterocycles. The number of fused-ring (bicyclic) bond motifs is 1. The number of hydrogen-bond donors (Lipinski definition) is 1. The molecule has 2 aliphatic heterocycles. The quantitative estimate of drug-likeness (QED) is 0.666. The molecular formula is C17H25BN2O3. The van der Waals surface area contributed by atoms with E-state index in [9.17, 15) is 9.82 Å². The number of ether oxygens (including phenoxy) is 1. The molecule has 124 valence electrons. The molecule has 0 amide bonds. The molecule has 1 aromatic rings. The summed E-state index contributed by atoms with van der Waals surface area (Å²) in [5.41, 5.74) is 0.747. The third-order valence-corrected chi connectivity index (χ3v) is 5.39. The molecular weight excluding hydrogens is 291 g/mol. The Hall–Kier alpha value is -1.37. The van der Waals surface area contributed by atoms with Gasteiger partial charge in [-0.1, -0.05) is 30.3 Å². The summed E-state index contributed by atoms with van der Waals surface area (Å²) in [7, 11) is 0.940. The van der Waals surface area contributed by atoms with Gasteiger partial charge >= 0.3 is 13.0 Å². The molecule has 0 bridgehead atoms. The van der Waals surface area contributed by atoms with Gasteiger partial charge in [0.25, 0.3) is 0 Å². The minimum atomic E-state index is -0.527. The summed E-state index contributed by atoms with van der Waals surface area (Å²) < 4.78 is 5.15. The van der Waals surface area contributed by atoms with Crippen molar-refractivity contribution in [3.63, 3.8) is 0 Å². The predicted octanol–water partition coefficient (Wildman–Crippen LogP) is 1.09. The van der Waals surface area contributed by atoms with E-state index in [2.05, 4.69) is 17.0 Å². The molecule has 3 rings (SSSR count). The normalized spacial score (nSPS) is 28.4. The van der Waals surface area contributed by atoms with E-state index in [4.69, 9.17) is 4.74 Å². The summed E-state index contributed by atoms with van der Waals surface area (Å²) in [5.74, 6) is 0.164. The van der Waals surface area contributed by atoms with Crippen molar-refractivity contribution in [2.45, 2.75) is 19.8 Å². The van der Waals surface area contributed by atoms with Crippen molar-refractivity contribution in [3.8, 4) is 0 Å². The summed E-state index contributed by atoms with van der Waals surface area (Å²) in [6, 6.07) is 10.3. The van der Waals surface area contributed by atoms with Gasteiger partial charge in [-0.2, -0.15) is 0 Å². The Labute approximate surface area is 138 Å². The molecule has 0 saturated carbocycles. The zero-order valence-corrected chi connectivity index (χ0v) is 13.9. The minimum absolute atomic E-state index is 0.136. The lowest BCUT2D eigenvalue weighted by Crippen LogP contribution is -2.56. The first-order valence-electron chi connectivity index (χ1n) is 8.32. The lowest BCUT2D eigenvalue weighted by Gasteiger charge is -2.42. The van der Waals surface area contributed by atoms with Gasteiger partial charge in [-0.25, -0.2) is 0 Å². The van der Waals surface area contributed by atoms with E-state index >= 15 is 0 Å². The topological polar surface area (TPSA) is 53.0 Å². The van der Waals surface area contributed by atoms with Gasteiger partial charge in [0.1, 0.15) is 0 Å². The first-order valence-corrected chi connectivity index (χ1v) is 8.32. The van der Waals surface area contributed by atoms with Crippen molar-refractivity contribution in [1.82, 2.24) is 9.71 Å². The SMILES string of the molecule is COC(=O)C12CN(Cc3ccccc3)CC1CCN(B(C)O)C2. The van der Waals surface area contributed by atoms with Crippen molar-refractivity contribution >= 4 is 13.0 Å². The molecule has 1 aromatic carbocycles. The van der Waals surface area contributed by atoms with E-state index in [0.29, 0.717) is 19.0 Å². The highest BCUT2D eigenvalue weighted by Crippen LogP contribution is 2.43. The van der Waals surface area contributed by atoms with E-state index in [1.54, 1.807) is 6.82 Å². The molecule has 2 fully saturated rings. The second-order valence-electron chi connectivity index (χ2n) is 6.89. The van der Waals surface area contributed by atoms with E-state index in [1.807, 2.05) is 23.0 Å². The van der Waals surface area contributed by atoms with Crippen LogP contribution in [-0.4, -0.2) is 61.0 Å². The molecule has 23 heavy (non-hydrogen) atoms. The fourth-order valence-corrected chi connectivity index (χ4v) is 4.17. The Balaban J connectivity index is 1.79. The molecule has 6 heteroatoms. The number of rotatable bonds is 4. The molecule has 1 N–H and O–H groups in total. The average molecular weight is 316 g/mol.